The first-order chi connectivity index (χ1) is 14.4. The number of nitrogens with zero attached hydrogens (tertiary/aromatic N) is 4. The minimum absolute atomic E-state index is 0. The van der Waals surface area contributed by atoms with Crippen molar-refractivity contribution in [2.24, 2.45) is 0 Å². The maximum absolute atomic E-state index is 12.8. The van der Waals surface area contributed by atoms with Crippen LogP contribution in [-0.4, -0.2) is 60.7 Å². The van der Waals surface area contributed by atoms with Gasteiger partial charge in [-0.1, -0.05) is 23.4 Å². The molecule has 4 rings (SSSR count). The van der Waals surface area contributed by atoms with Gasteiger partial charge < -0.3 is 14.2 Å². The summed E-state index contributed by atoms with van der Waals surface area (Å²) in [6.07, 6.45) is 1.49. The van der Waals surface area contributed by atoms with Crippen molar-refractivity contribution in [1.29, 1.82) is 0 Å². The number of halogens is 1. The number of hydrogen-bond acceptors (Lipinski definition) is 8. The van der Waals surface area contributed by atoms with Crippen LogP contribution >= 0.6 is 12.4 Å². The number of benzene rings is 1. The van der Waals surface area contributed by atoms with Crippen molar-refractivity contribution in [3.8, 4) is 11.4 Å². The Bertz CT molecular complexity index is 1160. The van der Waals surface area contributed by atoms with Crippen LogP contribution < -0.4 is 4.72 Å². The van der Waals surface area contributed by atoms with Gasteiger partial charge in [0.05, 0.1) is 18.1 Å². The Labute approximate surface area is 185 Å². The molecule has 1 saturated heterocycles. The fourth-order valence-electron chi connectivity index (χ4n) is 2.97. The lowest BCUT2D eigenvalue weighted by molar-refractivity contribution is 0.0272. The molecule has 0 bridgehead atoms. The van der Waals surface area contributed by atoms with E-state index in [1.54, 1.807) is 42.2 Å². The number of anilines is 1. The summed E-state index contributed by atoms with van der Waals surface area (Å²) in [6, 6.07) is 9.68. The molecule has 1 aliphatic heterocycles. The SMILES string of the molecule is Cc1ccc(-c2noc(C(=O)N3CCOCC3)n2)cc1S(=O)(=O)Nc1ccccn1.Cl. The van der Waals surface area contributed by atoms with Crippen LogP contribution in [0.2, 0.25) is 0 Å². The van der Waals surface area contributed by atoms with E-state index < -0.39 is 10.0 Å². The molecule has 12 heteroatoms. The molecule has 31 heavy (non-hydrogen) atoms. The Kier molecular flexibility index (Phi) is 6.88. The lowest BCUT2D eigenvalue weighted by atomic mass is 10.1. The van der Waals surface area contributed by atoms with Crippen molar-refractivity contribution in [3.63, 3.8) is 0 Å². The molecule has 164 valence electrons. The number of carbonyl (C=O) groups excluding carboxylic acids is 1. The predicted molar refractivity (Wildman–Crippen MR) is 113 cm³/mol. The van der Waals surface area contributed by atoms with E-state index >= 15 is 0 Å². The number of ether oxygens (including phenoxy) is 1. The second-order valence-corrected chi connectivity index (χ2v) is 8.28. The largest absolute Gasteiger partial charge is 0.378 e. The van der Waals surface area contributed by atoms with Gasteiger partial charge in [-0.25, -0.2) is 13.4 Å². The summed E-state index contributed by atoms with van der Waals surface area (Å²) in [5.74, 6) is -0.196. The van der Waals surface area contributed by atoms with Crippen LogP contribution in [0.4, 0.5) is 5.82 Å². The van der Waals surface area contributed by atoms with Crippen molar-refractivity contribution < 1.29 is 22.5 Å². The van der Waals surface area contributed by atoms with Crippen molar-refractivity contribution in [1.82, 2.24) is 20.0 Å². The van der Waals surface area contributed by atoms with E-state index in [9.17, 15) is 13.2 Å². The minimum atomic E-state index is -3.89. The molecule has 1 aliphatic rings. The van der Waals surface area contributed by atoms with Crippen LogP contribution in [0.1, 0.15) is 16.2 Å². The molecule has 3 heterocycles. The number of aryl methyl sites for hydroxylation is 1. The lowest BCUT2D eigenvalue weighted by Gasteiger charge is -2.25. The molecule has 2 aromatic heterocycles. The highest BCUT2D eigenvalue weighted by Crippen LogP contribution is 2.25. The quantitative estimate of drug-likeness (QED) is 0.607. The van der Waals surface area contributed by atoms with E-state index in [-0.39, 0.29) is 40.7 Å². The second kappa shape index (κ2) is 9.41. The standard InChI is InChI=1S/C19H19N5O5S.ClH/c1-13-5-6-14(12-15(13)30(26,27)23-16-4-2-3-7-20-16)17-21-18(29-22-17)19(25)24-8-10-28-11-9-24;/h2-7,12H,8-11H2,1H3,(H,20,23);1H. The summed E-state index contributed by atoms with van der Waals surface area (Å²) in [6.45, 7) is 3.48. The Hall–Kier alpha value is -3.02. The highest BCUT2D eigenvalue weighted by molar-refractivity contribution is 7.92. The van der Waals surface area contributed by atoms with E-state index in [2.05, 4.69) is 19.8 Å². The smallest absolute Gasteiger partial charge is 0.316 e. The number of hydrogen-bond donors (Lipinski definition) is 1. The topological polar surface area (TPSA) is 128 Å². The first kappa shape index (κ1) is 22.7. The third-order valence-corrected chi connectivity index (χ3v) is 6.04. The number of morpholine rings is 1. The minimum Gasteiger partial charge on any atom is -0.378 e. The van der Waals surface area contributed by atoms with E-state index in [1.165, 1.54) is 12.3 Å². The van der Waals surface area contributed by atoms with Crippen molar-refractivity contribution in [3.05, 3.63) is 54.0 Å². The monoisotopic (exact) mass is 465 g/mol. The second-order valence-electron chi connectivity index (χ2n) is 6.63. The average molecular weight is 466 g/mol. The van der Waals surface area contributed by atoms with Crippen LogP contribution in [0.3, 0.4) is 0 Å². The van der Waals surface area contributed by atoms with Crippen LogP contribution in [0.15, 0.2) is 52.0 Å². The molecule has 1 fully saturated rings. The van der Waals surface area contributed by atoms with Gasteiger partial charge in [0.25, 0.3) is 10.0 Å². The fraction of sp³-hybridized carbons (Fsp3) is 0.263. The Morgan fingerprint density at radius 3 is 2.65 bits per heavy atom. The highest BCUT2D eigenvalue weighted by Gasteiger charge is 2.25. The van der Waals surface area contributed by atoms with Gasteiger partial charge in [-0.2, -0.15) is 4.98 Å². The summed E-state index contributed by atoms with van der Waals surface area (Å²) < 4.78 is 38.5. The van der Waals surface area contributed by atoms with Gasteiger partial charge in [-0.05, 0) is 30.7 Å². The fourth-order valence-corrected chi connectivity index (χ4v) is 4.25. The zero-order valence-corrected chi connectivity index (χ0v) is 18.1. The van der Waals surface area contributed by atoms with Gasteiger partial charge in [0, 0.05) is 24.8 Å². The number of nitrogens with one attached hydrogen (secondary N) is 1. The predicted octanol–water partition coefficient (Wildman–Crippen LogP) is 2.14. The van der Waals surface area contributed by atoms with Gasteiger partial charge in [-0.3, -0.25) is 9.52 Å². The Morgan fingerprint density at radius 2 is 1.94 bits per heavy atom. The average Bonchev–Trinajstić information content (AvgIpc) is 3.25. The van der Waals surface area contributed by atoms with Gasteiger partial charge in [0.1, 0.15) is 5.82 Å². The maximum Gasteiger partial charge on any atom is 0.316 e. The van der Waals surface area contributed by atoms with E-state index in [0.717, 1.165) is 0 Å². The van der Waals surface area contributed by atoms with Crippen LogP contribution in [0.5, 0.6) is 0 Å². The number of carbonyl (C=O) groups is 1. The van der Waals surface area contributed by atoms with Gasteiger partial charge in [0.2, 0.25) is 5.82 Å². The molecule has 1 aromatic carbocycles. The molecule has 0 atom stereocenters. The Balaban J connectivity index is 0.00000272. The molecule has 1 N–H and O–H groups in total. The first-order valence-corrected chi connectivity index (χ1v) is 10.7. The third kappa shape index (κ3) is 5.01. The molecule has 0 radical (unpaired) electrons. The van der Waals surface area contributed by atoms with Crippen molar-refractivity contribution in [2.75, 3.05) is 31.0 Å². The molecular weight excluding hydrogens is 446 g/mol. The number of pyridine rings is 1. The summed E-state index contributed by atoms with van der Waals surface area (Å²) in [4.78, 5) is 22.3. The lowest BCUT2D eigenvalue weighted by Crippen LogP contribution is -2.40. The number of amides is 1. The molecule has 0 aliphatic carbocycles. The molecule has 1 amide bonds. The van der Waals surface area contributed by atoms with Gasteiger partial charge >= 0.3 is 11.8 Å². The van der Waals surface area contributed by atoms with E-state index in [0.29, 0.717) is 37.4 Å². The van der Waals surface area contributed by atoms with E-state index in [1.807, 2.05) is 0 Å². The first-order valence-electron chi connectivity index (χ1n) is 9.20. The van der Waals surface area contributed by atoms with Crippen molar-refractivity contribution in [2.45, 2.75) is 11.8 Å². The maximum atomic E-state index is 12.8. The van der Waals surface area contributed by atoms with Crippen LogP contribution in [0.25, 0.3) is 11.4 Å². The van der Waals surface area contributed by atoms with Crippen LogP contribution in [-0.2, 0) is 14.8 Å². The zero-order valence-electron chi connectivity index (χ0n) is 16.5. The van der Waals surface area contributed by atoms with Crippen LogP contribution in [0, 0.1) is 6.92 Å². The molecule has 0 unspecified atom stereocenters. The highest BCUT2D eigenvalue weighted by atomic mass is 35.5. The molecule has 3 aromatic rings. The summed E-state index contributed by atoms with van der Waals surface area (Å²) in [5.41, 5.74) is 0.946. The summed E-state index contributed by atoms with van der Waals surface area (Å²) >= 11 is 0. The third-order valence-electron chi connectivity index (χ3n) is 4.55. The van der Waals surface area contributed by atoms with E-state index in [4.69, 9.17) is 9.26 Å². The molecule has 10 nitrogen and oxygen atoms in total. The molecule has 0 spiro atoms. The zero-order chi connectivity index (χ0) is 21.1. The molecule has 0 saturated carbocycles. The van der Waals surface area contributed by atoms with Crippen molar-refractivity contribution >= 4 is 34.2 Å². The normalized spacial score (nSPS) is 14.0. The summed E-state index contributed by atoms with van der Waals surface area (Å²) in [7, 11) is -3.89. The number of aromatic nitrogens is 3. The number of rotatable bonds is 5. The number of sulfonamides is 1. The summed E-state index contributed by atoms with van der Waals surface area (Å²) in [5, 5.41) is 3.85. The Morgan fingerprint density at radius 1 is 1.16 bits per heavy atom. The molecular formula is C19H20ClN5O5S. The van der Waals surface area contributed by atoms with Gasteiger partial charge in [-0.15, -0.1) is 12.4 Å². The van der Waals surface area contributed by atoms with Gasteiger partial charge in [0.15, 0.2) is 0 Å².